The zero-order valence-corrected chi connectivity index (χ0v) is 6.95. The van der Waals surface area contributed by atoms with E-state index in [4.69, 9.17) is 10.2 Å². The molecular formula is C8H10F2O3. The van der Waals surface area contributed by atoms with E-state index in [2.05, 4.69) is 4.74 Å². The molecule has 1 aliphatic rings. The quantitative estimate of drug-likeness (QED) is 0.641. The van der Waals surface area contributed by atoms with Gasteiger partial charge >= 0.3 is 0 Å². The summed E-state index contributed by atoms with van der Waals surface area (Å²) in [5.41, 5.74) is 0. The van der Waals surface area contributed by atoms with Crippen LogP contribution >= 0.6 is 0 Å². The Bertz CT molecular complexity index is 248. The van der Waals surface area contributed by atoms with E-state index in [1.54, 1.807) is 6.92 Å². The van der Waals surface area contributed by atoms with Crippen LogP contribution in [0.15, 0.2) is 23.8 Å². The van der Waals surface area contributed by atoms with Crippen molar-refractivity contribution in [3.8, 4) is 0 Å². The van der Waals surface area contributed by atoms with Crippen molar-refractivity contribution in [1.82, 2.24) is 0 Å². The van der Waals surface area contributed by atoms with Gasteiger partial charge in [-0.2, -0.15) is 0 Å². The fourth-order valence-electron chi connectivity index (χ4n) is 1.08. The number of halogens is 2. The summed E-state index contributed by atoms with van der Waals surface area (Å²) in [5.74, 6) is -2.41. The highest BCUT2D eigenvalue weighted by atomic mass is 19.2. The normalized spacial score (nSPS) is 28.8. The maximum absolute atomic E-state index is 12.6. The first-order chi connectivity index (χ1) is 6.00. The monoisotopic (exact) mass is 192 g/mol. The van der Waals surface area contributed by atoms with E-state index in [0.717, 1.165) is 12.2 Å². The van der Waals surface area contributed by atoms with Gasteiger partial charge in [0.05, 0.1) is 6.10 Å². The second-order valence-corrected chi connectivity index (χ2v) is 2.82. The number of ether oxygens (including phenoxy) is 1. The Hall–Kier alpha value is -0.780. The molecule has 0 aromatic heterocycles. The summed E-state index contributed by atoms with van der Waals surface area (Å²) in [7, 11) is 0. The van der Waals surface area contributed by atoms with Crippen LogP contribution < -0.4 is 0 Å². The van der Waals surface area contributed by atoms with Crippen molar-refractivity contribution in [1.29, 1.82) is 0 Å². The van der Waals surface area contributed by atoms with Crippen molar-refractivity contribution in [2.24, 2.45) is 5.92 Å². The molecule has 5 heteroatoms. The molecule has 0 aromatic rings. The first-order valence-electron chi connectivity index (χ1n) is 3.77. The van der Waals surface area contributed by atoms with Crippen molar-refractivity contribution in [2.75, 3.05) is 0 Å². The zero-order valence-electron chi connectivity index (χ0n) is 6.95. The first kappa shape index (κ1) is 10.3. The highest BCUT2D eigenvalue weighted by molar-refractivity contribution is 5.26. The lowest BCUT2D eigenvalue weighted by Crippen LogP contribution is -2.27. The van der Waals surface area contributed by atoms with E-state index >= 15 is 0 Å². The average Bonchev–Trinajstić information content (AvgIpc) is 1.99. The largest absolute Gasteiger partial charge is 0.346 e. The van der Waals surface area contributed by atoms with Gasteiger partial charge in [0.1, 0.15) is 0 Å². The second-order valence-electron chi connectivity index (χ2n) is 2.82. The standard InChI is InChI=1S/C8H10F2O3/c1-4-2-5(9)6(10)3-7(4)13-8(11)12/h2-4,7-8,11-12H,1H3. The summed E-state index contributed by atoms with van der Waals surface area (Å²) in [4.78, 5) is 0. The fraction of sp³-hybridized carbons (Fsp3) is 0.500. The molecule has 0 saturated heterocycles. The van der Waals surface area contributed by atoms with E-state index in [1.165, 1.54) is 0 Å². The van der Waals surface area contributed by atoms with Crippen molar-refractivity contribution >= 4 is 0 Å². The van der Waals surface area contributed by atoms with E-state index in [9.17, 15) is 8.78 Å². The van der Waals surface area contributed by atoms with Gasteiger partial charge in [-0.3, -0.25) is 0 Å². The molecule has 0 bridgehead atoms. The summed E-state index contributed by atoms with van der Waals surface area (Å²) in [5, 5.41) is 16.9. The molecule has 1 aliphatic carbocycles. The van der Waals surface area contributed by atoms with Crippen molar-refractivity contribution in [2.45, 2.75) is 19.5 Å². The maximum atomic E-state index is 12.6. The van der Waals surface area contributed by atoms with Gasteiger partial charge in [-0.25, -0.2) is 8.78 Å². The van der Waals surface area contributed by atoms with E-state index in [1.807, 2.05) is 0 Å². The fourth-order valence-corrected chi connectivity index (χ4v) is 1.08. The van der Waals surface area contributed by atoms with Crippen LogP contribution in [0, 0.1) is 5.92 Å². The van der Waals surface area contributed by atoms with Crippen LogP contribution in [0.1, 0.15) is 6.92 Å². The Morgan fingerprint density at radius 3 is 2.38 bits per heavy atom. The molecule has 0 saturated carbocycles. The van der Waals surface area contributed by atoms with Crippen LogP contribution in [-0.4, -0.2) is 22.8 Å². The van der Waals surface area contributed by atoms with Crippen LogP contribution in [0.2, 0.25) is 0 Å². The van der Waals surface area contributed by atoms with Crippen LogP contribution in [0.3, 0.4) is 0 Å². The highest BCUT2D eigenvalue weighted by Crippen LogP contribution is 2.26. The van der Waals surface area contributed by atoms with Gasteiger partial charge in [0.15, 0.2) is 11.7 Å². The smallest absolute Gasteiger partial charge is 0.267 e. The van der Waals surface area contributed by atoms with Crippen LogP contribution in [0.5, 0.6) is 0 Å². The van der Waals surface area contributed by atoms with Gasteiger partial charge < -0.3 is 14.9 Å². The Kier molecular flexibility index (Phi) is 3.13. The number of hydrogen-bond acceptors (Lipinski definition) is 3. The van der Waals surface area contributed by atoms with Gasteiger partial charge in [0.2, 0.25) is 0 Å². The Morgan fingerprint density at radius 2 is 1.85 bits per heavy atom. The SMILES string of the molecule is CC1C=C(F)C(F)=CC1OC(O)O. The minimum Gasteiger partial charge on any atom is -0.346 e. The molecule has 3 nitrogen and oxygen atoms in total. The maximum Gasteiger partial charge on any atom is 0.267 e. The lowest BCUT2D eigenvalue weighted by Gasteiger charge is -2.22. The minimum atomic E-state index is -1.98. The molecule has 0 amide bonds. The number of rotatable bonds is 2. The number of allylic oxidation sites excluding steroid dienone is 2. The Morgan fingerprint density at radius 1 is 1.31 bits per heavy atom. The van der Waals surface area contributed by atoms with Gasteiger partial charge in [-0.15, -0.1) is 0 Å². The Labute approximate surface area is 73.9 Å². The third-order valence-electron chi connectivity index (χ3n) is 1.75. The van der Waals surface area contributed by atoms with Crippen molar-refractivity contribution < 1.29 is 23.7 Å². The van der Waals surface area contributed by atoms with Crippen LogP contribution in [0.4, 0.5) is 8.78 Å². The molecule has 0 heterocycles. The first-order valence-corrected chi connectivity index (χ1v) is 3.77. The lowest BCUT2D eigenvalue weighted by molar-refractivity contribution is -0.252. The zero-order chi connectivity index (χ0) is 10.0. The third-order valence-corrected chi connectivity index (χ3v) is 1.75. The van der Waals surface area contributed by atoms with E-state index in [0.29, 0.717) is 0 Å². The number of hydrogen-bond donors (Lipinski definition) is 2. The van der Waals surface area contributed by atoms with Crippen LogP contribution in [-0.2, 0) is 4.74 Å². The molecule has 0 aliphatic heterocycles. The molecule has 0 spiro atoms. The number of aliphatic hydroxyl groups excluding tert-OH is 1. The van der Waals surface area contributed by atoms with Gasteiger partial charge in [-0.1, -0.05) is 6.92 Å². The summed E-state index contributed by atoms with van der Waals surface area (Å²) in [6, 6.07) is 0. The van der Waals surface area contributed by atoms with Gasteiger partial charge in [0.25, 0.3) is 6.48 Å². The molecule has 2 unspecified atom stereocenters. The Balaban J connectivity index is 2.69. The summed E-state index contributed by atoms with van der Waals surface area (Å²) in [6.45, 7) is -0.402. The van der Waals surface area contributed by atoms with E-state index in [-0.39, 0.29) is 0 Å². The molecule has 13 heavy (non-hydrogen) atoms. The molecular weight excluding hydrogens is 182 g/mol. The highest BCUT2D eigenvalue weighted by Gasteiger charge is 2.24. The summed E-state index contributed by atoms with van der Waals surface area (Å²) in [6.07, 6.45) is 1.06. The van der Waals surface area contributed by atoms with Crippen molar-refractivity contribution in [3.05, 3.63) is 23.8 Å². The lowest BCUT2D eigenvalue weighted by atomic mass is 9.99. The summed E-state index contributed by atoms with van der Waals surface area (Å²) < 4.78 is 29.7. The molecule has 0 aromatic carbocycles. The number of aliphatic hydroxyl groups is 2. The van der Waals surface area contributed by atoms with E-state index < -0.39 is 30.2 Å². The third kappa shape index (κ3) is 2.58. The minimum absolute atomic E-state index is 0.429. The molecule has 1 rings (SSSR count). The van der Waals surface area contributed by atoms with Crippen molar-refractivity contribution in [3.63, 3.8) is 0 Å². The van der Waals surface area contributed by atoms with Gasteiger partial charge in [-0.05, 0) is 12.2 Å². The molecule has 2 atom stereocenters. The molecule has 74 valence electrons. The topological polar surface area (TPSA) is 49.7 Å². The van der Waals surface area contributed by atoms with Gasteiger partial charge in [0, 0.05) is 5.92 Å². The van der Waals surface area contributed by atoms with Crippen LogP contribution in [0.25, 0.3) is 0 Å². The molecule has 0 fully saturated rings. The average molecular weight is 192 g/mol. The molecule has 0 radical (unpaired) electrons. The molecule has 2 N–H and O–H groups in total. The predicted octanol–water partition coefficient (Wildman–Crippen LogP) is 0.996. The predicted molar refractivity (Wildman–Crippen MR) is 40.6 cm³/mol. The second kappa shape index (κ2) is 3.95. The summed E-state index contributed by atoms with van der Waals surface area (Å²) >= 11 is 0.